The first-order valence-electron chi connectivity index (χ1n) is 4.41. The molecule has 0 aliphatic rings. The Kier molecular flexibility index (Phi) is 4.17. The van der Waals surface area contributed by atoms with Crippen LogP contribution in [0.15, 0.2) is 35.3 Å². The topological polar surface area (TPSA) is 35.2 Å². The smallest absolute Gasteiger partial charge is 0.119 e. The molecule has 0 amide bonds. The van der Waals surface area contributed by atoms with E-state index in [9.17, 15) is 0 Å². The van der Waals surface area contributed by atoms with Gasteiger partial charge in [-0.1, -0.05) is 34.6 Å². The van der Waals surface area contributed by atoms with E-state index in [1.165, 1.54) is 0 Å². The van der Waals surface area contributed by atoms with Crippen molar-refractivity contribution < 1.29 is 4.74 Å². The molecule has 1 rings (SSSR count). The lowest BCUT2D eigenvalue weighted by Crippen LogP contribution is -2.04. The number of rotatable bonds is 4. The largest absolute Gasteiger partial charge is 0.488 e. The van der Waals surface area contributed by atoms with Gasteiger partial charge < -0.3 is 10.5 Å². The normalized spacial score (nSPS) is 12.2. The summed E-state index contributed by atoms with van der Waals surface area (Å²) in [4.78, 5) is 0. The lowest BCUT2D eigenvalue weighted by molar-refractivity contribution is 0.361. The Morgan fingerprint density at radius 2 is 2.07 bits per heavy atom. The van der Waals surface area contributed by atoms with Crippen molar-refractivity contribution in [3.05, 3.63) is 40.9 Å². The SMILES string of the molecule is C=C(Br)COc1ccc([C@@H](C)N)cc1. The summed E-state index contributed by atoms with van der Waals surface area (Å²) in [5.74, 6) is 0.829. The Morgan fingerprint density at radius 1 is 1.50 bits per heavy atom. The molecule has 1 atom stereocenters. The van der Waals surface area contributed by atoms with E-state index in [1.54, 1.807) is 0 Å². The van der Waals surface area contributed by atoms with Crippen LogP contribution in [0.1, 0.15) is 18.5 Å². The summed E-state index contributed by atoms with van der Waals surface area (Å²) in [5, 5.41) is 0. The standard InChI is InChI=1S/C11H14BrNO/c1-8(12)7-14-11-5-3-10(4-6-11)9(2)13/h3-6,9H,1,7,13H2,2H3/t9-/m1/s1. The fourth-order valence-electron chi connectivity index (χ4n) is 1.03. The minimum atomic E-state index is 0.0650. The highest BCUT2D eigenvalue weighted by molar-refractivity contribution is 9.11. The number of hydrogen-bond acceptors (Lipinski definition) is 2. The Labute approximate surface area is 92.9 Å². The zero-order valence-electron chi connectivity index (χ0n) is 8.16. The monoisotopic (exact) mass is 255 g/mol. The zero-order valence-corrected chi connectivity index (χ0v) is 9.75. The molecule has 1 aromatic carbocycles. The second-order valence-electron chi connectivity index (χ2n) is 3.16. The molecular weight excluding hydrogens is 242 g/mol. The van der Waals surface area contributed by atoms with Gasteiger partial charge in [0.1, 0.15) is 12.4 Å². The molecule has 0 heterocycles. The van der Waals surface area contributed by atoms with E-state index in [0.717, 1.165) is 15.8 Å². The maximum atomic E-state index is 5.72. The molecule has 0 unspecified atom stereocenters. The van der Waals surface area contributed by atoms with E-state index in [2.05, 4.69) is 22.5 Å². The highest BCUT2D eigenvalue weighted by atomic mass is 79.9. The summed E-state index contributed by atoms with van der Waals surface area (Å²) < 4.78 is 6.24. The quantitative estimate of drug-likeness (QED) is 0.898. The van der Waals surface area contributed by atoms with E-state index in [-0.39, 0.29) is 6.04 Å². The van der Waals surface area contributed by atoms with Crippen molar-refractivity contribution in [1.29, 1.82) is 0 Å². The number of ether oxygens (including phenoxy) is 1. The van der Waals surface area contributed by atoms with Gasteiger partial charge in [-0.2, -0.15) is 0 Å². The van der Waals surface area contributed by atoms with E-state index in [0.29, 0.717) is 6.61 Å². The third kappa shape index (κ3) is 3.52. The fourth-order valence-corrected chi connectivity index (χ4v) is 1.14. The van der Waals surface area contributed by atoms with Crippen LogP contribution >= 0.6 is 15.9 Å². The Morgan fingerprint density at radius 3 is 2.50 bits per heavy atom. The number of halogens is 1. The first kappa shape index (κ1) is 11.3. The van der Waals surface area contributed by atoms with Gasteiger partial charge in [0.05, 0.1) is 0 Å². The minimum absolute atomic E-state index is 0.0650. The van der Waals surface area contributed by atoms with Crippen LogP contribution < -0.4 is 10.5 Å². The molecule has 0 spiro atoms. The fraction of sp³-hybridized carbons (Fsp3) is 0.273. The second kappa shape index (κ2) is 5.17. The first-order chi connectivity index (χ1) is 6.59. The van der Waals surface area contributed by atoms with Gasteiger partial charge >= 0.3 is 0 Å². The zero-order chi connectivity index (χ0) is 10.6. The van der Waals surface area contributed by atoms with Crippen LogP contribution in [0, 0.1) is 0 Å². The molecule has 14 heavy (non-hydrogen) atoms. The predicted octanol–water partition coefficient (Wildman–Crippen LogP) is 2.99. The Bertz CT molecular complexity index is 306. The maximum Gasteiger partial charge on any atom is 0.119 e. The molecule has 0 fully saturated rings. The molecule has 76 valence electrons. The molecule has 0 bridgehead atoms. The van der Waals surface area contributed by atoms with Crippen molar-refractivity contribution in [2.45, 2.75) is 13.0 Å². The van der Waals surface area contributed by atoms with Crippen LogP contribution in [-0.4, -0.2) is 6.61 Å². The summed E-state index contributed by atoms with van der Waals surface area (Å²) in [6.07, 6.45) is 0. The molecule has 2 N–H and O–H groups in total. The second-order valence-corrected chi connectivity index (χ2v) is 4.29. The van der Waals surface area contributed by atoms with Crippen LogP contribution in [0.4, 0.5) is 0 Å². The van der Waals surface area contributed by atoms with Crippen molar-refractivity contribution in [2.75, 3.05) is 6.61 Å². The molecule has 0 saturated carbocycles. The molecule has 0 aliphatic carbocycles. The lowest BCUT2D eigenvalue weighted by Gasteiger charge is -2.08. The van der Waals surface area contributed by atoms with Crippen molar-refractivity contribution in [3.63, 3.8) is 0 Å². The summed E-state index contributed by atoms with van der Waals surface area (Å²) in [6, 6.07) is 7.83. The molecule has 1 aromatic rings. The maximum absolute atomic E-state index is 5.72. The van der Waals surface area contributed by atoms with Crippen LogP contribution in [0.5, 0.6) is 5.75 Å². The van der Waals surface area contributed by atoms with Gasteiger partial charge in [0.15, 0.2) is 0 Å². The van der Waals surface area contributed by atoms with E-state index in [1.807, 2.05) is 31.2 Å². The summed E-state index contributed by atoms with van der Waals surface area (Å²) in [5.41, 5.74) is 6.83. The van der Waals surface area contributed by atoms with Gasteiger partial charge in [0.25, 0.3) is 0 Å². The Balaban J connectivity index is 2.59. The molecule has 3 heteroatoms. The van der Waals surface area contributed by atoms with Crippen molar-refractivity contribution in [2.24, 2.45) is 5.73 Å². The third-order valence-electron chi connectivity index (χ3n) is 1.80. The van der Waals surface area contributed by atoms with Gasteiger partial charge in [0, 0.05) is 10.5 Å². The average molecular weight is 256 g/mol. The molecule has 0 saturated heterocycles. The average Bonchev–Trinajstić information content (AvgIpc) is 2.15. The van der Waals surface area contributed by atoms with Crippen molar-refractivity contribution in [3.8, 4) is 5.75 Å². The summed E-state index contributed by atoms with van der Waals surface area (Å²) in [7, 11) is 0. The van der Waals surface area contributed by atoms with Gasteiger partial charge in [-0.25, -0.2) is 0 Å². The molecule has 0 aliphatic heterocycles. The van der Waals surface area contributed by atoms with Crippen molar-refractivity contribution in [1.82, 2.24) is 0 Å². The van der Waals surface area contributed by atoms with E-state index >= 15 is 0 Å². The molecule has 2 nitrogen and oxygen atoms in total. The third-order valence-corrected chi connectivity index (χ3v) is 2.03. The minimum Gasteiger partial charge on any atom is -0.488 e. The van der Waals surface area contributed by atoms with Crippen LogP contribution in [-0.2, 0) is 0 Å². The van der Waals surface area contributed by atoms with E-state index < -0.39 is 0 Å². The van der Waals surface area contributed by atoms with Crippen LogP contribution in [0.25, 0.3) is 0 Å². The lowest BCUT2D eigenvalue weighted by atomic mass is 10.1. The van der Waals surface area contributed by atoms with Gasteiger partial charge in [0.2, 0.25) is 0 Å². The number of benzene rings is 1. The van der Waals surface area contributed by atoms with Gasteiger partial charge in [-0.3, -0.25) is 0 Å². The van der Waals surface area contributed by atoms with E-state index in [4.69, 9.17) is 10.5 Å². The molecule has 0 aromatic heterocycles. The molecular formula is C11H14BrNO. The highest BCUT2D eigenvalue weighted by Crippen LogP contribution is 2.16. The van der Waals surface area contributed by atoms with Crippen molar-refractivity contribution >= 4 is 15.9 Å². The number of hydrogen-bond donors (Lipinski definition) is 1. The highest BCUT2D eigenvalue weighted by Gasteiger charge is 1.99. The first-order valence-corrected chi connectivity index (χ1v) is 5.20. The summed E-state index contributed by atoms with van der Waals surface area (Å²) in [6.45, 7) is 6.13. The van der Waals surface area contributed by atoms with Crippen LogP contribution in [0.2, 0.25) is 0 Å². The number of nitrogens with two attached hydrogens (primary N) is 1. The van der Waals surface area contributed by atoms with Crippen LogP contribution in [0.3, 0.4) is 0 Å². The van der Waals surface area contributed by atoms with Gasteiger partial charge in [-0.15, -0.1) is 0 Å². The Hall–Kier alpha value is -0.800. The predicted molar refractivity (Wildman–Crippen MR) is 62.6 cm³/mol. The molecule has 0 radical (unpaired) electrons. The van der Waals surface area contributed by atoms with Gasteiger partial charge in [-0.05, 0) is 24.6 Å². The summed E-state index contributed by atoms with van der Waals surface area (Å²) >= 11 is 3.23.